The molecule has 1 N–H and O–H groups in total. The lowest BCUT2D eigenvalue weighted by atomic mass is 9.81. The van der Waals surface area contributed by atoms with Crippen molar-refractivity contribution in [1.29, 1.82) is 0 Å². The van der Waals surface area contributed by atoms with Gasteiger partial charge in [-0.2, -0.15) is 0 Å². The molecule has 0 aliphatic rings. The Hall–Kier alpha value is -1.49. The van der Waals surface area contributed by atoms with Crippen LogP contribution in [0.25, 0.3) is 0 Å². The molecule has 5 heteroatoms. The van der Waals surface area contributed by atoms with Gasteiger partial charge in [-0.1, -0.05) is 6.92 Å². The van der Waals surface area contributed by atoms with Crippen LogP contribution in [-0.4, -0.2) is 18.2 Å². The monoisotopic (exact) mass is 258 g/mol. The molecule has 1 aromatic carbocycles. The number of hydrogen-bond acceptors (Lipinski definition) is 3. The number of esters is 1. The summed E-state index contributed by atoms with van der Waals surface area (Å²) in [4.78, 5) is 11.6. The summed E-state index contributed by atoms with van der Waals surface area (Å²) < 4.78 is 30.9. The van der Waals surface area contributed by atoms with E-state index in [0.29, 0.717) is 6.07 Å². The van der Waals surface area contributed by atoms with E-state index in [0.717, 1.165) is 12.1 Å². The molecule has 18 heavy (non-hydrogen) atoms. The van der Waals surface area contributed by atoms with E-state index in [1.807, 2.05) is 0 Å². The number of carbonyl (C=O) groups is 1. The van der Waals surface area contributed by atoms with Gasteiger partial charge in [0, 0.05) is 6.07 Å². The fourth-order valence-corrected chi connectivity index (χ4v) is 1.98. The van der Waals surface area contributed by atoms with Crippen molar-refractivity contribution in [3.63, 3.8) is 0 Å². The van der Waals surface area contributed by atoms with Crippen LogP contribution in [0, 0.1) is 17.6 Å². The second-order valence-corrected chi connectivity index (χ2v) is 4.29. The standard InChI is InChI=1S/C13H16F2O3/c1-4-11(12(16)18-3)13(2,17)8-5-9(14)7-10(15)6-8/h5-7,11,17H,4H2,1-3H3. The maximum atomic E-state index is 13.1. The fourth-order valence-electron chi connectivity index (χ4n) is 1.98. The summed E-state index contributed by atoms with van der Waals surface area (Å²) in [5.74, 6) is -3.11. The summed E-state index contributed by atoms with van der Waals surface area (Å²) >= 11 is 0. The number of halogens is 2. The Morgan fingerprint density at radius 3 is 2.28 bits per heavy atom. The second-order valence-electron chi connectivity index (χ2n) is 4.29. The maximum Gasteiger partial charge on any atom is 0.311 e. The van der Waals surface area contributed by atoms with Gasteiger partial charge in [-0.25, -0.2) is 8.78 Å². The second kappa shape index (κ2) is 5.44. The SMILES string of the molecule is CCC(C(=O)OC)C(C)(O)c1cc(F)cc(F)c1. The number of benzene rings is 1. The van der Waals surface area contributed by atoms with E-state index in [1.54, 1.807) is 6.92 Å². The Bertz CT molecular complexity index is 424. The van der Waals surface area contributed by atoms with E-state index in [9.17, 15) is 18.7 Å². The summed E-state index contributed by atoms with van der Waals surface area (Å²) in [6, 6.07) is 2.72. The quantitative estimate of drug-likeness (QED) is 0.843. The molecule has 0 saturated heterocycles. The molecule has 0 aromatic heterocycles. The number of aliphatic hydroxyl groups is 1. The maximum absolute atomic E-state index is 13.1. The molecular formula is C13H16F2O3. The van der Waals surface area contributed by atoms with Crippen LogP contribution in [0.15, 0.2) is 18.2 Å². The molecule has 0 bridgehead atoms. The number of carbonyl (C=O) groups excluding carboxylic acids is 1. The molecule has 0 spiro atoms. The first-order valence-corrected chi connectivity index (χ1v) is 5.59. The molecule has 0 heterocycles. The molecule has 2 atom stereocenters. The molecule has 0 fully saturated rings. The zero-order valence-electron chi connectivity index (χ0n) is 10.5. The average molecular weight is 258 g/mol. The summed E-state index contributed by atoms with van der Waals surface area (Å²) in [6.45, 7) is 3.03. The van der Waals surface area contributed by atoms with Crippen LogP contribution in [0.2, 0.25) is 0 Å². The minimum Gasteiger partial charge on any atom is -0.469 e. The van der Waals surface area contributed by atoms with Gasteiger partial charge in [0.25, 0.3) is 0 Å². The molecule has 1 rings (SSSR count). The summed E-state index contributed by atoms with van der Waals surface area (Å²) in [5.41, 5.74) is -1.68. The van der Waals surface area contributed by atoms with Crippen LogP contribution in [0.5, 0.6) is 0 Å². The van der Waals surface area contributed by atoms with Crippen LogP contribution in [0.4, 0.5) is 8.78 Å². The van der Waals surface area contributed by atoms with Crippen molar-refractivity contribution in [2.45, 2.75) is 25.9 Å². The van der Waals surface area contributed by atoms with E-state index in [-0.39, 0.29) is 12.0 Å². The number of hydrogen-bond donors (Lipinski definition) is 1. The van der Waals surface area contributed by atoms with Crippen molar-refractivity contribution in [3.05, 3.63) is 35.4 Å². The van der Waals surface area contributed by atoms with E-state index >= 15 is 0 Å². The van der Waals surface area contributed by atoms with Gasteiger partial charge in [0.15, 0.2) is 0 Å². The highest BCUT2D eigenvalue weighted by molar-refractivity contribution is 5.74. The van der Waals surface area contributed by atoms with Crippen molar-refractivity contribution in [1.82, 2.24) is 0 Å². The van der Waals surface area contributed by atoms with Gasteiger partial charge in [0.2, 0.25) is 0 Å². The van der Waals surface area contributed by atoms with Crippen LogP contribution in [0.3, 0.4) is 0 Å². The lowest BCUT2D eigenvalue weighted by Gasteiger charge is -2.30. The molecule has 100 valence electrons. The van der Waals surface area contributed by atoms with Gasteiger partial charge in [-0.05, 0) is 31.0 Å². The zero-order valence-corrected chi connectivity index (χ0v) is 10.5. The van der Waals surface area contributed by atoms with Crippen LogP contribution < -0.4 is 0 Å². The lowest BCUT2D eigenvalue weighted by molar-refractivity contribution is -0.155. The van der Waals surface area contributed by atoms with Crippen molar-refractivity contribution in [3.8, 4) is 0 Å². The highest BCUT2D eigenvalue weighted by Gasteiger charge is 2.39. The Labute approximate surface area is 104 Å². The number of rotatable bonds is 4. The third kappa shape index (κ3) is 2.85. The van der Waals surface area contributed by atoms with Gasteiger partial charge < -0.3 is 9.84 Å². The smallest absolute Gasteiger partial charge is 0.311 e. The van der Waals surface area contributed by atoms with Crippen molar-refractivity contribution >= 4 is 5.97 Å². The zero-order chi connectivity index (χ0) is 13.9. The Morgan fingerprint density at radius 1 is 1.39 bits per heavy atom. The molecular weight excluding hydrogens is 242 g/mol. The molecule has 1 aromatic rings. The van der Waals surface area contributed by atoms with Crippen molar-refractivity contribution < 1.29 is 23.4 Å². The minimum atomic E-state index is -1.69. The molecule has 0 aliphatic heterocycles. The topological polar surface area (TPSA) is 46.5 Å². The van der Waals surface area contributed by atoms with Gasteiger partial charge in [0.1, 0.15) is 17.2 Å². The van der Waals surface area contributed by atoms with E-state index in [2.05, 4.69) is 4.74 Å². The van der Waals surface area contributed by atoms with Gasteiger partial charge in [0.05, 0.1) is 13.0 Å². The molecule has 0 amide bonds. The molecule has 3 nitrogen and oxygen atoms in total. The van der Waals surface area contributed by atoms with E-state index < -0.39 is 29.1 Å². The Balaban J connectivity index is 3.21. The largest absolute Gasteiger partial charge is 0.469 e. The summed E-state index contributed by atoms with van der Waals surface area (Å²) in [5, 5.41) is 10.4. The first-order chi connectivity index (χ1) is 8.32. The van der Waals surface area contributed by atoms with E-state index in [1.165, 1.54) is 14.0 Å². The normalized spacial score (nSPS) is 15.9. The summed E-state index contributed by atoms with van der Waals surface area (Å²) in [6.07, 6.45) is 0.289. The Morgan fingerprint density at radius 2 is 1.89 bits per heavy atom. The van der Waals surface area contributed by atoms with Crippen LogP contribution in [0.1, 0.15) is 25.8 Å². The number of ether oxygens (including phenoxy) is 1. The van der Waals surface area contributed by atoms with Gasteiger partial charge in [-0.3, -0.25) is 4.79 Å². The van der Waals surface area contributed by atoms with Crippen molar-refractivity contribution in [2.75, 3.05) is 7.11 Å². The first-order valence-electron chi connectivity index (χ1n) is 5.59. The average Bonchev–Trinajstić information content (AvgIpc) is 2.28. The lowest BCUT2D eigenvalue weighted by Crippen LogP contribution is -2.37. The van der Waals surface area contributed by atoms with E-state index in [4.69, 9.17) is 0 Å². The van der Waals surface area contributed by atoms with Crippen molar-refractivity contribution in [2.24, 2.45) is 5.92 Å². The summed E-state index contributed by atoms with van der Waals surface area (Å²) in [7, 11) is 1.20. The van der Waals surface area contributed by atoms with Crippen LogP contribution >= 0.6 is 0 Å². The molecule has 2 unspecified atom stereocenters. The van der Waals surface area contributed by atoms with Gasteiger partial charge in [-0.15, -0.1) is 0 Å². The van der Waals surface area contributed by atoms with Crippen LogP contribution in [-0.2, 0) is 15.1 Å². The highest BCUT2D eigenvalue weighted by Crippen LogP contribution is 2.33. The predicted molar refractivity (Wildman–Crippen MR) is 61.7 cm³/mol. The first kappa shape index (κ1) is 14.6. The third-order valence-corrected chi connectivity index (χ3v) is 3.02. The Kier molecular flexibility index (Phi) is 4.40. The minimum absolute atomic E-state index is 0.0113. The fraction of sp³-hybridized carbons (Fsp3) is 0.462. The molecule has 0 saturated carbocycles. The molecule has 0 radical (unpaired) electrons. The highest BCUT2D eigenvalue weighted by atomic mass is 19.1. The predicted octanol–water partition coefficient (Wildman–Crippen LogP) is 2.37. The van der Waals surface area contributed by atoms with Gasteiger partial charge >= 0.3 is 5.97 Å². The molecule has 0 aliphatic carbocycles. The third-order valence-electron chi connectivity index (χ3n) is 3.02. The number of methoxy groups -OCH3 is 1.